The minimum Gasteiger partial charge on any atom is -0.506 e. The summed E-state index contributed by atoms with van der Waals surface area (Å²) in [6.45, 7) is 2.48. The Hall–Kier alpha value is -1.55. The topological polar surface area (TPSA) is 75.3 Å². The zero-order chi connectivity index (χ0) is 13.8. The van der Waals surface area contributed by atoms with Crippen molar-refractivity contribution in [1.29, 1.82) is 0 Å². The molecule has 0 heterocycles. The van der Waals surface area contributed by atoms with Crippen molar-refractivity contribution >= 4 is 11.6 Å². The highest BCUT2D eigenvalue weighted by atomic mass is 16.3. The summed E-state index contributed by atoms with van der Waals surface area (Å²) >= 11 is 0. The van der Waals surface area contributed by atoms with Crippen LogP contribution in [0.3, 0.4) is 0 Å². The number of benzene rings is 1. The molecule has 0 saturated heterocycles. The first-order valence-corrected chi connectivity index (χ1v) is 6.92. The lowest BCUT2D eigenvalue weighted by molar-refractivity contribution is -0.122. The van der Waals surface area contributed by atoms with Crippen molar-refractivity contribution in [3.8, 4) is 5.75 Å². The van der Waals surface area contributed by atoms with E-state index in [0.717, 1.165) is 31.2 Å². The lowest BCUT2D eigenvalue weighted by Gasteiger charge is -2.29. The van der Waals surface area contributed by atoms with Gasteiger partial charge in [0.05, 0.1) is 5.69 Å². The molecular weight excluding hydrogens is 240 g/mol. The number of aryl methyl sites for hydroxylation is 1. The molecule has 1 fully saturated rings. The maximum atomic E-state index is 12.3. The van der Waals surface area contributed by atoms with Gasteiger partial charge in [-0.25, -0.2) is 0 Å². The number of hydrogen-bond donors (Lipinski definition) is 3. The molecule has 2 atom stereocenters. The van der Waals surface area contributed by atoms with Crippen molar-refractivity contribution in [3.05, 3.63) is 23.8 Å². The zero-order valence-corrected chi connectivity index (χ0v) is 11.4. The Morgan fingerprint density at radius 1 is 1.42 bits per heavy atom. The highest BCUT2D eigenvalue weighted by Gasteiger charge is 2.30. The number of carbonyl (C=O) groups is 1. The van der Waals surface area contributed by atoms with Crippen LogP contribution in [0.4, 0.5) is 5.69 Å². The van der Waals surface area contributed by atoms with Crippen molar-refractivity contribution in [3.63, 3.8) is 0 Å². The third-order valence-corrected chi connectivity index (χ3v) is 3.96. The molecule has 19 heavy (non-hydrogen) atoms. The van der Waals surface area contributed by atoms with E-state index in [1.54, 1.807) is 12.1 Å². The van der Waals surface area contributed by atoms with E-state index in [2.05, 4.69) is 5.32 Å². The molecule has 1 saturated carbocycles. The highest BCUT2D eigenvalue weighted by molar-refractivity contribution is 5.94. The SMILES string of the molecule is Cc1ccc(O)c(NC(=O)C2CCCCC2CN)c1. The monoisotopic (exact) mass is 262 g/mol. The second kappa shape index (κ2) is 6.06. The van der Waals surface area contributed by atoms with Crippen LogP contribution in [0.2, 0.25) is 0 Å². The lowest BCUT2D eigenvalue weighted by Crippen LogP contribution is -2.35. The van der Waals surface area contributed by atoms with E-state index in [1.807, 2.05) is 13.0 Å². The van der Waals surface area contributed by atoms with Crippen LogP contribution < -0.4 is 11.1 Å². The summed E-state index contributed by atoms with van der Waals surface area (Å²) in [6, 6.07) is 5.20. The molecule has 2 unspecified atom stereocenters. The Morgan fingerprint density at radius 2 is 2.16 bits per heavy atom. The Balaban J connectivity index is 2.09. The fraction of sp³-hybridized carbons (Fsp3) is 0.533. The first kappa shape index (κ1) is 13.9. The van der Waals surface area contributed by atoms with Crippen LogP contribution >= 0.6 is 0 Å². The smallest absolute Gasteiger partial charge is 0.227 e. The van der Waals surface area contributed by atoms with Crippen LogP contribution in [0, 0.1) is 18.8 Å². The minimum absolute atomic E-state index is 0.0175. The number of anilines is 1. The molecule has 104 valence electrons. The molecule has 1 aliphatic rings. The van der Waals surface area contributed by atoms with Gasteiger partial charge in [-0.05, 0) is 49.9 Å². The van der Waals surface area contributed by atoms with Crippen molar-refractivity contribution in [1.82, 2.24) is 0 Å². The molecule has 0 radical (unpaired) electrons. The molecule has 4 nitrogen and oxygen atoms in total. The van der Waals surface area contributed by atoms with Crippen LogP contribution in [0.1, 0.15) is 31.2 Å². The van der Waals surface area contributed by atoms with Crippen molar-refractivity contribution in [2.45, 2.75) is 32.6 Å². The molecule has 4 N–H and O–H groups in total. The largest absolute Gasteiger partial charge is 0.506 e. The summed E-state index contributed by atoms with van der Waals surface area (Å²) in [5.41, 5.74) is 7.25. The predicted molar refractivity (Wildman–Crippen MR) is 76.0 cm³/mol. The number of hydrogen-bond acceptors (Lipinski definition) is 3. The van der Waals surface area contributed by atoms with E-state index in [0.29, 0.717) is 12.2 Å². The third-order valence-electron chi connectivity index (χ3n) is 3.96. The molecule has 4 heteroatoms. The van der Waals surface area contributed by atoms with Gasteiger partial charge in [0.2, 0.25) is 5.91 Å². The van der Waals surface area contributed by atoms with Gasteiger partial charge < -0.3 is 16.2 Å². The van der Waals surface area contributed by atoms with Gasteiger partial charge in [-0.2, -0.15) is 0 Å². The molecule has 0 aliphatic heterocycles. The van der Waals surface area contributed by atoms with Gasteiger partial charge in [0.25, 0.3) is 0 Å². The van der Waals surface area contributed by atoms with E-state index in [9.17, 15) is 9.90 Å². The van der Waals surface area contributed by atoms with Gasteiger partial charge in [-0.1, -0.05) is 18.9 Å². The second-order valence-electron chi connectivity index (χ2n) is 5.40. The molecule has 0 bridgehead atoms. The van der Waals surface area contributed by atoms with Gasteiger partial charge in [0, 0.05) is 5.92 Å². The number of rotatable bonds is 3. The summed E-state index contributed by atoms with van der Waals surface area (Å²) in [7, 11) is 0. The first-order valence-electron chi connectivity index (χ1n) is 6.92. The lowest BCUT2D eigenvalue weighted by atomic mass is 9.78. The standard InChI is InChI=1S/C15H22N2O2/c1-10-6-7-14(18)13(8-10)17-15(19)12-5-3-2-4-11(12)9-16/h6-8,11-12,18H,2-5,9,16H2,1H3,(H,17,19). The van der Waals surface area contributed by atoms with E-state index in [1.165, 1.54) is 0 Å². The van der Waals surface area contributed by atoms with Crippen LogP contribution in [0.15, 0.2) is 18.2 Å². The average Bonchev–Trinajstić information content (AvgIpc) is 2.42. The summed E-state index contributed by atoms with van der Waals surface area (Å²) in [5, 5.41) is 12.6. The molecule has 0 spiro atoms. The summed E-state index contributed by atoms with van der Waals surface area (Å²) in [6.07, 6.45) is 4.14. The summed E-state index contributed by atoms with van der Waals surface area (Å²) in [4.78, 5) is 12.3. The van der Waals surface area contributed by atoms with E-state index >= 15 is 0 Å². The first-order chi connectivity index (χ1) is 9.11. The average molecular weight is 262 g/mol. The molecule has 1 amide bonds. The van der Waals surface area contributed by atoms with Crippen LogP contribution in [-0.4, -0.2) is 17.6 Å². The van der Waals surface area contributed by atoms with Crippen LogP contribution in [0.5, 0.6) is 5.75 Å². The predicted octanol–water partition coefficient (Wildman–Crippen LogP) is 2.40. The highest BCUT2D eigenvalue weighted by Crippen LogP contribution is 2.31. The quantitative estimate of drug-likeness (QED) is 0.732. The maximum Gasteiger partial charge on any atom is 0.227 e. The van der Waals surface area contributed by atoms with E-state index in [4.69, 9.17) is 5.73 Å². The number of nitrogens with one attached hydrogen (secondary N) is 1. The number of aromatic hydroxyl groups is 1. The number of amides is 1. The second-order valence-corrected chi connectivity index (χ2v) is 5.40. The van der Waals surface area contributed by atoms with Crippen molar-refractivity contribution in [2.24, 2.45) is 17.6 Å². The molecule has 1 aromatic carbocycles. The Labute approximate surface area is 114 Å². The van der Waals surface area contributed by atoms with Gasteiger partial charge in [-0.3, -0.25) is 4.79 Å². The molecular formula is C15H22N2O2. The van der Waals surface area contributed by atoms with Gasteiger partial charge >= 0.3 is 0 Å². The van der Waals surface area contributed by atoms with Gasteiger partial charge in [-0.15, -0.1) is 0 Å². The van der Waals surface area contributed by atoms with Gasteiger partial charge in [0.1, 0.15) is 5.75 Å². The number of phenolic OH excluding ortho intramolecular Hbond substituents is 1. The molecule has 2 rings (SSSR count). The van der Waals surface area contributed by atoms with Crippen molar-refractivity contribution in [2.75, 3.05) is 11.9 Å². The van der Waals surface area contributed by atoms with Crippen LogP contribution in [-0.2, 0) is 4.79 Å². The van der Waals surface area contributed by atoms with E-state index in [-0.39, 0.29) is 23.5 Å². The van der Waals surface area contributed by atoms with Crippen LogP contribution in [0.25, 0.3) is 0 Å². The zero-order valence-electron chi connectivity index (χ0n) is 11.4. The summed E-state index contributed by atoms with van der Waals surface area (Å²) < 4.78 is 0. The fourth-order valence-electron chi connectivity index (χ4n) is 2.81. The molecule has 1 aromatic rings. The Bertz CT molecular complexity index is 459. The normalized spacial score (nSPS) is 23.1. The fourth-order valence-corrected chi connectivity index (χ4v) is 2.81. The number of phenols is 1. The molecule has 1 aliphatic carbocycles. The van der Waals surface area contributed by atoms with Crippen molar-refractivity contribution < 1.29 is 9.90 Å². The number of nitrogens with two attached hydrogens (primary N) is 1. The van der Waals surface area contributed by atoms with E-state index < -0.39 is 0 Å². The maximum absolute atomic E-state index is 12.3. The Morgan fingerprint density at radius 3 is 2.89 bits per heavy atom. The van der Waals surface area contributed by atoms with Gasteiger partial charge in [0.15, 0.2) is 0 Å². The third kappa shape index (κ3) is 3.26. The summed E-state index contributed by atoms with van der Waals surface area (Å²) in [5.74, 6) is 0.328. The Kier molecular flexibility index (Phi) is 4.43. The molecule has 0 aromatic heterocycles. The minimum atomic E-state index is -0.0290. The number of carbonyl (C=O) groups excluding carboxylic acids is 1.